The maximum atomic E-state index is 11.3. The second kappa shape index (κ2) is 10.4. The zero-order chi connectivity index (χ0) is 22.4. The van der Waals surface area contributed by atoms with Crippen LogP contribution in [0.2, 0.25) is 0 Å². The van der Waals surface area contributed by atoms with Gasteiger partial charge < -0.3 is 9.84 Å². The van der Waals surface area contributed by atoms with Crippen LogP contribution < -0.4 is 4.74 Å². The highest BCUT2D eigenvalue weighted by atomic mass is 32.2. The maximum Gasteiger partial charge on any atom is 0.335 e. The first-order valence-corrected chi connectivity index (χ1v) is 12.0. The van der Waals surface area contributed by atoms with E-state index in [0.29, 0.717) is 5.56 Å². The molecule has 164 valence electrons. The Labute approximate surface area is 186 Å². The molecule has 0 bridgehead atoms. The molecule has 0 fully saturated rings. The van der Waals surface area contributed by atoms with Crippen LogP contribution in [0.15, 0.2) is 42.5 Å². The predicted octanol–water partition coefficient (Wildman–Crippen LogP) is 7.27. The van der Waals surface area contributed by atoms with Gasteiger partial charge in [-0.1, -0.05) is 59.2 Å². The van der Waals surface area contributed by atoms with Gasteiger partial charge in [-0.25, -0.2) is 4.79 Å². The Kier molecular flexibility index (Phi) is 8.42. The first-order valence-electron chi connectivity index (χ1n) is 11.0. The molecule has 1 atom stereocenters. The van der Waals surface area contributed by atoms with Crippen LogP contribution in [0.3, 0.4) is 0 Å². The monoisotopic (exact) mass is 428 g/mol. The quantitative estimate of drug-likeness (QED) is 0.471. The van der Waals surface area contributed by atoms with Crippen molar-refractivity contribution in [1.82, 2.24) is 0 Å². The van der Waals surface area contributed by atoms with Crippen molar-refractivity contribution in [3.63, 3.8) is 0 Å². The van der Waals surface area contributed by atoms with E-state index in [0.717, 1.165) is 42.9 Å². The normalized spacial score (nSPS) is 16.3. The van der Waals surface area contributed by atoms with Crippen LogP contribution in [0.25, 0.3) is 0 Å². The van der Waals surface area contributed by atoms with E-state index in [1.54, 1.807) is 12.1 Å². The van der Waals surface area contributed by atoms with Crippen LogP contribution in [0.4, 0.5) is 0 Å². The number of carboxylic acids is 1. The van der Waals surface area contributed by atoms with Crippen molar-refractivity contribution in [3.8, 4) is 5.75 Å². The standard InChI is InChI=1S/C24H30O3S.C2H6/c1-5-6-15-28-24(4,18-9-7-17(8-10-18)22(25)26)19-11-12-21-20(16-19)23(2,3)13-14-27-21;1-2/h7-12,16H,5-6,13-15H2,1-4H3,(H,25,26);1-2H3. The zero-order valence-electron chi connectivity index (χ0n) is 19.2. The lowest BCUT2D eigenvalue weighted by molar-refractivity contribution is 0.0697. The Morgan fingerprint density at radius 3 is 2.37 bits per heavy atom. The number of benzene rings is 2. The summed E-state index contributed by atoms with van der Waals surface area (Å²) in [4.78, 5) is 11.3. The van der Waals surface area contributed by atoms with Crippen molar-refractivity contribution in [2.24, 2.45) is 0 Å². The first-order chi connectivity index (χ1) is 14.3. The summed E-state index contributed by atoms with van der Waals surface area (Å²) in [5, 5.41) is 9.24. The highest BCUT2D eigenvalue weighted by Crippen LogP contribution is 2.47. The second-order valence-corrected chi connectivity index (χ2v) is 9.82. The van der Waals surface area contributed by atoms with Gasteiger partial charge in [0.2, 0.25) is 0 Å². The molecule has 0 spiro atoms. The highest BCUT2D eigenvalue weighted by Gasteiger charge is 2.34. The van der Waals surface area contributed by atoms with E-state index in [2.05, 4.69) is 45.9 Å². The molecule has 0 radical (unpaired) electrons. The van der Waals surface area contributed by atoms with Gasteiger partial charge in [-0.15, -0.1) is 11.8 Å². The molecule has 0 aliphatic carbocycles. The number of ether oxygens (including phenoxy) is 1. The lowest BCUT2D eigenvalue weighted by Gasteiger charge is -2.36. The molecule has 1 heterocycles. The van der Waals surface area contributed by atoms with Crippen LogP contribution in [-0.4, -0.2) is 23.4 Å². The highest BCUT2D eigenvalue weighted by molar-refractivity contribution is 8.00. The lowest BCUT2D eigenvalue weighted by atomic mass is 9.78. The van der Waals surface area contributed by atoms with Crippen LogP contribution in [0.1, 0.15) is 87.9 Å². The number of unbranched alkanes of at least 4 members (excludes halogenated alkanes) is 1. The van der Waals surface area contributed by atoms with E-state index in [1.807, 2.05) is 37.7 Å². The van der Waals surface area contributed by atoms with E-state index in [9.17, 15) is 9.90 Å². The molecule has 1 aliphatic heterocycles. The van der Waals surface area contributed by atoms with Crippen LogP contribution in [0.5, 0.6) is 5.75 Å². The van der Waals surface area contributed by atoms with Crippen molar-refractivity contribution in [3.05, 3.63) is 64.7 Å². The number of thioether (sulfide) groups is 1. The Morgan fingerprint density at radius 1 is 1.13 bits per heavy atom. The number of rotatable bonds is 7. The number of aromatic carboxylic acids is 1. The van der Waals surface area contributed by atoms with E-state index in [1.165, 1.54) is 11.1 Å². The molecule has 3 nitrogen and oxygen atoms in total. The van der Waals surface area contributed by atoms with Gasteiger partial charge in [0.25, 0.3) is 0 Å². The average Bonchev–Trinajstić information content (AvgIpc) is 2.75. The van der Waals surface area contributed by atoms with Gasteiger partial charge in [0.05, 0.1) is 16.9 Å². The van der Waals surface area contributed by atoms with Gasteiger partial charge in [0.1, 0.15) is 5.75 Å². The molecule has 3 rings (SSSR count). The molecule has 2 aromatic rings. The van der Waals surface area contributed by atoms with Crippen LogP contribution in [-0.2, 0) is 10.2 Å². The largest absolute Gasteiger partial charge is 0.493 e. The SMILES string of the molecule is CC.CCCCSC(C)(c1ccc(C(=O)O)cc1)c1ccc2c(c1)C(C)(C)CCO2. The number of carboxylic acid groups (broad SMARTS) is 1. The minimum atomic E-state index is -0.889. The fraction of sp³-hybridized carbons (Fsp3) is 0.500. The molecular formula is C26H36O3S. The molecule has 1 N–H and O–H groups in total. The average molecular weight is 429 g/mol. The fourth-order valence-electron chi connectivity index (χ4n) is 3.72. The summed E-state index contributed by atoms with van der Waals surface area (Å²) in [5.74, 6) is 1.16. The Bertz CT molecular complexity index is 842. The third-order valence-corrected chi connectivity index (χ3v) is 7.36. The first kappa shape index (κ1) is 24.3. The van der Waals surface area contributed by atoms with E-state index in [-0.39, 0.29) is 10.2 Å². The smallest absolute Gasteiger partial charge is 0.335 e. The zero-order valence-corrected chi connectivity index (χ0v) is 20.1. The van der Waals surface area contributed by atoms with E-state index >= 15 is 0 Å². The van der Waals surface area contributed by atoms with Crippen molar-refractivity contribution >= 4 is 17.7 Å². The Morgan fingerprint density at radius 2 is 1.77 bits per heavy atom. The summed E-state index contributed by atoms with van der Waals surface area (Å²) in [7, 11) is 0. The molecule has 4 heteroatoms. The topological polar surface area (TPSA) is 46.5 Å². The van der Waals surface area contributed by atoms with E-state index in [4.69, 9.17) is 4.74 Å². The van der Waals surface area contributed by atoms with Gasteiger partial charge in [-0.2, -0.15) is 0 Å². The molecule has 1 unspecified atom stereocenters. The predicted molar refractivity (Wildman–Crippen MR) is 128 cm³/mol. The van der Waals surface area contributed by atoms with Crippen molar-refractivity contribution < 1.29 is 14.6 Å². The summed E-state index contributed by atoms with van der Waals surface area (Å²) in [6.45, 7) is 13.8. The molecule has 0 saturated carbocycles. The summed E-state index contributed by atoms with van der Waals surface area (Å²) in [6, 6.07) is 13.9. The number of hydrogen-bond donors (Lipinski definition) is 1. The Hall–Kier alpha value is -1.94. The van der Waals surface area contributed by atoms with Crippen LogP contribution >= 0.6 is 11.8 Å². The Balaban J connectivity index is 0.00000155. The molecule has 30 heavy (non-hydrogen) atoms. The minimum absolute atomic E-state index is 0.0890. The van der Waals surface area contributed by atoms with Gasteiger partial charge >= 0.3 is 5.97 Å². The van der Waals surface area contributed by atoms with Crippen molar-refractivity contribution in [2.75, 3.05) is 12.4 Å². The number of fused-ring (bicyclic) bond motifs is 1. The fourth-order valence-corrected chi connectivity index (χ4v) is 5.15. The lowest BCUT2D eigenvalue weighted by Crippen LogP contribution is -2.28. The van der Waals surface area contributed by atoms with Crippen molar-refractivity contribution in [2.45, 2.75) is 71.0 Å². The minimum Gasteiger partial charge on any atom is -0.493 e. The van der Waals surface area contributed by atoms with Gasteiger partial charge in [-0.3, -0.25) is 0 Å². The molecule has 0 saturated heterocycles. The summed E-state index contributed by atoms with van der Waals surface area (Å²) in [5.41, 5.74) is 4.05. The molecule has 2 aromatic carbocycles. The van der Waals surface area contributed by atoms with Crippen LogP contribution in [0, 0.1) is 0 Å². The molecule has 0 amide bonds. The van der Waals surface area contributed by atoms with Gasteiger partial charge in [-0.05, 0) is 66.3 Å². The molecular weight excluding hydrogens is 392 g/mol. The maximum absolute atomic E-state index is 11.3. The van der Waals surface area contributed by atoms with Gasteiger partial charge in [0.15, 0.2) is 0 Å². The van der Waals surface area contributed by atoms with Crippen molar-refractivity contribution in [1.29, 1.82) is 0 Å². The summed E-state index contributed by atoms with van der Waals surface area (Å²) < 4.78 is 5.66. The second-order valence-electron chi connectivity index (χ2n) is 8.31. The number of hydrogen-bond acceptors (Lipinski definition) is 3. The summed E-state index contributed by atoms with van der Waals surface area (Å²) in [6.07, 6.45) is 3.33. The third-order valence-electron chi connectivity index (χ3n) is 5.82. The molecule has 0 aromatic heterocycles. The third kappa shape index (κ3) is 5.21. The van der Waals surface area contributed by atoms with E-state index < -0.39 is 5.97 Å². The summed E-state index contributed by atoms with van der Waals surface area (Å²) >= 11 is 1.93. The number of carbonyl (C=O) groups is 1. The van der Waals surface area contributed by atoms with Gasteiger partial charge in [0, 0.05) is 5.56 Å². The molecule has 1 aliphatic rings.